The van der Waals surface area contributed by atoms with E-state index >= 15 is 0 Å². The van der Waals surface area contributed by atoms with Crippen molar-refractivity contribution in [3.8, 4) is 0 Å². The Labute approximate surface area is 83.4 Å². The van der Waals surface area contributed by atoms with E-state index in [0.717, 1.165) is 12.8 Å². The first-order valence-electron chi connectivity index (χ1n) is 4.73. The van der Waals surface area contributed by atoms with Gasteiger partial charge in [-0.2, -0.15) is 0 Å². The number of piperidine rings is 1. The third-order valence-corrected chi connectivity index (χ3v) is 2.54. The Morgan fingerprint density at radius 3 is 2.36 bits per heavy atom. The molecule has 2 amide bonds. The number of likely N-dealkylation sites (tertiary alicyclic amines) is 1. The predicted molar refractivity (Wildman–Crippen MR) is 50.8 cm³/mol. The van der Waals surface area contributed by atoms with E-state index in [2.05, 4.69) is 10.1 Å². The van der Waals surface area contributed by atoms with E-state index in [1.165, 1.54) is 7.11 Å². The van der Waals surface area contributed by atoms with Crippen LogP contribution in [0.1, 0.15) is 12.8 Å². The lowest BCUT2D eigenvalue weighted by atomic mass is 9.96. The van der Waals surface area contributed by atoms with Gasteiger partial charge < -0.3 is 15.0 Å². The second-order valence-electron chi connectivity index (χ2n) is 3.35. The van der Waals surface area contributed by atoms with Crippen molar-refractivity contribution in [3.63, 3.8) is 0 Å². The number of carbonyl (C=O) groups excluding carboxylic acids is 2. The van der Waals surface area contributed by atoms with Gasteiger partial charge in [0, 0.05) is 26.1 Å². The molecule has 0 aromatic carbocycles. The molecule has 1 saturated heterocycles. The van der Waals surface area contributed by atoms with Gasteiger partial charge in [-0.1, -0.05) is 0 Å². The molecule has 0 unspecified atom stereocenters. The van der Waals surface area contributed by atoms with Gasteiger partial charge in [0.15, 0.2) is 0 Å². The van der Waals surface area contributed by atoms with Crippen LogP contribution >= 0.6 is 0 Å². The van der Waals surface area contributed by atoms with Crippen molar-refractivity contribution >= 4 is 12.0 Å². The molecular formula is C9H16N2O3. The third-order valence-electron chi connectivity index (χ3n) is 2.54. The molecule has 1 fully saturated rings. The Hall–Kier alpha value is -1.26. The number of nitrogens with one attached hydrogen (secondary N) is 1. The van der Waals surface area contributed by atoms with Crippen molar-refractivity contribution in [2.75, 3.05) is 27.2 Å². The molecule has 1 aliphatic heterocycles. The molecule has 0 aromatic rings. The zero-order chi connectivity index (χ0) is 10.6. The lowest BCUT2D eigenvalue weighted by Crippen LogP contribution is -2.42. The van der Waals surface area contributed by atoms with E-state index in [0.29, 0.717) is 13.1 Å². The predicted octanol–water partition coefficient (Wildman–Crippen LogP) is 0.211. The Morgan fingerprint density at radius 2 is 1.93 bits per heavy atom. The molecule has 0 atom stereocenters. The van der Waals surface area contributed by atoms with E-state index in [9.17, 15) is 9.59 Å². The van der Waals surface area contributed by atoms with Gasteiger partial charge in [-0.05, 0) is 12.8 Å². The zero-order valence-electron chi connectivity index (χ0n) is 8.58. The number of methoxy groups -OCH3 is 1. The van der Waals surface area contributed by atoms with E-state index in [1.807, 2.05) is 0 Å². The molecule has 5 heteroatoms. The maximum atomic E-state index is 11.3. The van der Waals surface area contributed by atoms with Crippen molar-refractivity contribution in [3.05, 3.63) is 0 Å². The second-order valence-corrected chi connectivity index (χ2v) is 3.35. The van der Waals surface area contributed by atoms with Crippen molar-refractivity contribution in [1.82, 2.24) is 10.2 Å². The van der Waals surface area contributed by atoms with Gasteiger partial charge in [-0.25, -0.2) is 4.79 Å². The number of hydrogen-bond acceptors (Lipinski definition) is 3. The summed E-state index contributed by atoms with van der Waals surface area (Å²) >= 11 is 0. The summed E-state index contributed by atoms with van der Waals surface area (Å²) in [7, 11) is 3.00. The summed E-state index contributed by atoms with van der Waals surface area (Å²) in [6, 6.07) is 0. The van der Waals surface area contributed by atoms with Crippen LogP contribution in [0.3, 0.4) is 0 Å². The molecule has 0 bridgehead atoms. The summed E-state index contributed by atoms with van der Waals surface area (Å²) in [5, 5.41) is 2.62. The van der Waals surface area contributed by atoms with Crippen LogP contribution < -0.4 is 5.32 Å². The number of hydrogen-bond donors (Lipinski definition) is 1. The fourth-order valence-corrected chi connectivity index (χ4v) is 1.66. The van der Waals surface area contributed by atoms with Gasteiger partial charge >= 0.3 is 6.09 Å². The molecule has 1 N–H and O–H groups in total. The van der Waals surface area contributed by atoms with Gasteiger partial charge in [-0.3, -0.25) is 4.79 Å². The van der Waals surface area contributed by atoms with Crippen LogP contribution in [0.2, 0.25) is 0 Å². The first kappa shape index (κ1) is 10.8. The average molecular weight is 200 g/mol. The molecule has 0 radical (unpaired) electrons. The number of rotatable bonds is 1. The van der Waals surface area contributed by atoms with Gasteiger partial charge in [-0.15, -0.1) is 0 Å². The number of nitrogens with zero attached hydrogens (tertiary/aromatic N) is 1. The monoisotopic (exact) mass is 200 g/mol. The normalized spacial score (nSPS) is 17.7. The highest BCUT2D eigenvalue weighted by atomic mass is 16.5. The summed E-state index contributed by atoms with van der Waals surface area (Å²) < 4.78 is 4.60. The molecule has 5 nitrogen and oxygen atoms in total. The van der Waals surface area contributed by atoms with Crippen LogP contribution in [0.5, 0.6) is 0 Å². The van der Waals surface area contributed by atoms with Gasteiger partial charge in [0.1, 0.15) is 0 Å². The maximum absolute atomic E-state index is 11.3. The number of carbonyl (C=O) groups is 2. The highest BCUT2D eigenvalue weighted by molar-refractivity contribution is 5.78. The Bertz CT molecular complexity index is 198. The highest BCUT2D eigenvalue weighted by Crippen LogP contribution is 2.17. The van der Waals surface area contributed by atoms with Crippen LogP contribution in [-0.2, 0) is 9.53 Å². The minimum Gasteiger partial charge on any atom is -0.453 e. The van der Waals surface area contributed by atoms with Gasteiger partial charge in [0.25, 0.3) is 0 Å². The molecule has 80 valence electrons. The van der Waals surface area contributed by atoms with Crippen LogP contribution in [-0.4, -0.2) is 44.1 Å². The van der Waals surface area contributed by atoms with E-state index in [-0.39, 0.29) is 17.9 Å². The lowest BCUT2D eigenvalue weighted by Gasteiger charge is -2.29. The van der Waals surface area contributed by atoms with Crippen molar-refractivity contribution < 1.29 is 14.3 Å². The first-order valence-corrected chi connectivity index (χ1v) is 4.73. The smallest absolute Gasteiger partial charge is 0.409 e. The summed E-state index contributed by atoms with van der Waals surface area (Å²) in [6.45, 7) is 1.20. The maximum Gasteiger partial charge on any atom is 0.409 e. The Morgan fingerprint density at radius 1 is 1.36 bits per heavy atom. The average Bonchev–Trinajstić information content (AvgIpc) is 2.27. The quantitative estimate of drug-likeness (QED) is 0.658. The van der Waals surface area contributed by atoms with Crippen molar-refractivity contribution in [1.29, 1.82) is 0 Å². The molecule has 1 rings (SSSR count). The summed E-state index contributed by atoms with van der Waals surface area (Å²) in [5.41, 5.74) is 0. The van der Waals surface area contributed by atoms with Crippen molar-refractivity contribution in [2.45, 2.75) is 12.8 Å². The van der Waals surface area contributed by atoms with Crippen molar-refractivity contribution in [2.24, 2.45) is 5.92 Å². The van der Waals surface area contributed by atoms with E-state index in [1.54, 1.807) is 11.9 Å². The largest absolute Gasteiger partial charge is 0.453 e. The molecule has 0 spiro atoms. The van der Waals surface area contributed by atoms with E-state index < -0.39 is 0 Å². The summed E-state index contributed by atoms with van der Waals surface area (Å²) in [5.74, 6) is 0.107. The van der Waals surface area contributed by atoms with Gasteiger partial charge in [0.05, 0.1) is 7.11 Å². The molecule has 0 aromatic heterocycles. The molecule has 14 heavy (non-hydrogen) atoms. The van der Waals surface area contributed by atoms with Crippen LogP contribution in [0.4, 0.5) is 4.79 Å². The van der Waals surface area contributed by atoms with Crippen LogP contribution in [0.25, 0.3) is 0 Å². The summed E-state index contributed by atoms with van der Waals surface area (Å²) in [4.78, 5) is 24.0. The number of amides is 2. The minimum absolute atomic E-state index is 0.0425. The minimum atomic E-state index is -0.305. The lowest BCUT2D eigenvalue weighted by molar-refractivity contribution is -0.125. The van der Waals surface area contributed by atoms with Crippen LogP contribution in [0, 0.1) is 5.92 Å². The topological polar surface area (TPSA) is 58.6 Å². The molecular weight excluding hydrogens is 184 g/mol. The molecule has 1 heterocycles. The third kappa shape index (κ3) is 2.37. The van der Waals surface area contributed by atoms with Crippen LogP contribution in [0.15, 0.2) is 0 Å². The SMILES string of the molecule is CNC(=O)C1CCN(C(=O)OC)CC1. The second kappa shape index (κ2) is 4.83. The molecule has 0 saturated carbocycles. The molecule has 1 aliphatic rings. The number of ether oxygens (including phenoxy) is 1. The Kier molecular flexibility index (Phi) is 3.73. The standard InChI is InChI=1S/C9H16N2O3/c1-10-8(12)7-3-5-11(6-4-7)9(13)14-2/h7H,3-6H2,1-2H3,(H,10,12). The van der Waals surface area contributed by atoms with E-state index in [4.69, 9.17) is 0 Å². The zero-order valence-corrected chi connectivity index (χ0v) is 8.58. The summed E-state index contributed by atoms with van der Waals surface area (Å²) in [6.07, 6.45) is 1.13. The first-order chi connectivity index (χ1) is 6.69. The Balaban J connectivity index is 2.38. The fraction of sp³-hybridized carbons (Fsp3) is 0.778. The highest BCUT2D eigenvalue weighted by Gasteiger charge is 2.26. The fourth-order valence-electron chi connectivity index (χ4n) is 1.66. The molecule has 0 aliphatic carbocycles. The van der Waals surface area contributed by atoms with Gasteiger partial charge in [0.2, 0.25) is 5.91 Å².